The van der Waals surface area contributed by atoms with E-state index in [9.17, 15) is 8.22 Å². The Kier molecular flexibility index (Phi) is 10.5. The second kappa shape index (κ2) is 21.7. The quantitative estimate of drug-likeness (QED) is 0.149. The first-order valence-corrected chi connectivity index (χ1v) is 36.7. The minimum atomic E-state index is -0.496. The van der Waals surface area contributed by atoms with Crippen LogP contribution in [0.5, 0.6) is 0 Å². The molecule has 16 aromatic carbocycles. The Morgan fingerprint density at radius 2 is 0.864 bits per heavy atom. The van der Waals surface area contributed by atoms with Crippen LogP contribution in [0.4, 0.5) is 17.1 Å². The molecule has 0 saturated carbocycles. The van der Waals surface area contributed by atoms with Gasteiger partial charge < -0.3 is 0 Å². The van der Waals surface area contributed by atoms with Crippen molar-refractivity contribution in [2.24, 2.45) is 0 Å². The molecule has 0 bridgehead atoms. The van der Waals surface area contributed by atoms with Gasteiger partial charge in [0.05, 0.1) is 2.74 Å². The van der Waals surface area contributed by atoms with E-state index in [1.54, 1.807) is 4.57 Å². The molecule has 2 aliphatic heterocycles. The van der Waals surface area contributed by atoms with Gasteiger partial charge >= 0.3 is 577 Å². The van der Waals surface area contributed by atoms with Crippen molar-refractivity contribution in [3.63, 3.8) is 0 Å². The number of hydrogen-bond acceptors (Lipinski definition) is 2. The second-order valence-electron chi connectivity index (χ2n) is 27.5. The van der Waals surface area contributed by atoms with Gasteiger partial charge in [-0.3, -0.25) is 0 Å². The molecular weight excluding hydrogens is 1310 g/mol. The summed E-state index contributed by atoms with van der Waals surface area (Å²) >= 11 is -0.372. The van der Waals surface area contributed by atoms with Gasteiger partial charge in [-0.25, -0.2) is 0 Å². The molecule has 4 aliphatic rings. The van der Waals surface area contributed by atoms with Crippen LogP contribution in [0.1, 0.15) is 33.2 Å². The molecule has 0 radical (unpaired) electrons. The van der Waals surface area contributed by atoms with Crippen molar-refractivity contribution >= 4 is 130 Å². The van der Waals surface area contributed by atoms with Crippen molar-refractivity contribution in [1.29, 1.82) is 0 Å². The first-order valence-electron chi connectivity index (χ1n) is 39.0. The van der Waals surface area contributed by atoms with Crippen molar-refractivity contribution in [1.82, 2.24) is 9.13 Å². The number of hydrogen-bond donors (Lipinski definition) is 0. The molecule has 3 aromatic heterocycles. The van der Waals surface area contributed by atoms with Crippen molar-refractivity contribution in [3.05, 3.63) is 374 Å². The predicted octanol–water partition coefficient (Wildman–Crippen LogP) is 21.1. The van der Waals surface area contributed by atoms with E-state index in [1.807, 2.05) is 30.3 Å². The van der Waals surface area contributed by atoms with Crippen LogP contribution in [0.3, 0.4) is 0 Å². The summed E-state index contributed by atoms with van der Waals surface area (Å²) in [4.78, 5) is 2.43. The summed E-state index contributed by atoms with van der Waals surface area (Å²) in [6.45, 7) is -0.398. The molecule has 0 amide bonds. The molecule has 0 N–H and O–H groups in total. The summed E-state index contributed by atoms with van der Waals surface area (Å²) < 4.78 is 88.3. The summed E-state index contributed by atoms with van der Waals surface area (Å²) in [6, 6.07) is 106. The van der Waals surface area contributed by atoms with Gasteiger partial charge in [0.1, 0.15) is 0 Å². The summed E-state index contributed by atoms with van der Waals surface area (Å²) in [6.07, 6.45) is 0. The molecular formula is C97H58BN3OSe. The fourth-order valence-corrected chi connectivity index (χ4v) is 21.1. The minimum absolute atomic E-state index is 0.0157. The molecule has 0 atom stereocenters. The maximum atomic E-state index is 9.79. The van der Waals surface area contributed by atoms with Crippen LogP contribution in [0.2, 0.25) is 0 Å². The number of furan rings is 1. The number of aromatic nitrogens is 2. The third kappa shape index (κ3) is 7.97. The van der Waals surface area contributed by atoms with Crippen LogP contribution in [-0.4, -0.2) is 30.8 Å². The number of rotatable bonds is 7. The van der Waals surface area contributed by atoms with Gasteiger partial charge in [-0.2, -0.15) is 0 Å². The van der Waals surface area contributed by atoms with Gasteiger partial charge in [0.2, 0.25) is 0 Å². The zero-order valence-electron chi connectivity index (χ0n) is 63.1. The molecule has 0 unspecified atom stereocenters. The van der Waals surface area contributed by atoms with E-state index in [1.165, 1.54) is 64.3 Å². The van der Waals surface area contributed by atoms with Crippen LogP contribution < -0.4 is 30.2 Å². The Morgan fingerprint density at radius 1 is 0.330 bits per heavy atom. The van der Waals surface area contributed by atoms with E-state index in [-0.39, 0.29) is 60.9 Å². The van der Waals surface area contributed by atoms with E-state index >= 15 is 0 Å². The van der Waals surface area contributed by atoms with Gasteiger partial charge in [0.25, 0.3) is 0 Å². The molecule has 476 valence electrons. The van der Waals surface area contributed by atoms with Crippen LogP contribution in [0, 0.1) is 0 Å². The second-order valence-corrected chi connectivity index (χ2v) is 29.7. The van der Waals surface area contributed by atoms with Crippen molar-refractivity contribution in [3.8, 4) is 78.1 Å². The Morgan fingerprint density at radius 3 is 1.57 bits per heavy atom. The fourth-order valence-electron chi connectivity index (χ4n) is 18.2. The Balaban J connectivity index is 0.824. The van der Waals surface area contributed by atoms with Gasteiger partial charge in [-0.05, 0) is 0 Å². The molecule has 4 nitrogen and oxygen atoms in total. The van der Waals surface area contributed by atoms with E-state index in [2.05, 4.69) is 282 Å². The number of nitrogens with zero attached hydrogens (tertiary/aromatic N) is 3. The standard InChI is InChI=1S/C97H58BN3OSe/c1-4-23-59(24-5-1)67-35-22-36-68(60-25-6-2-7-26-60)95(67)101-88-58-66(100-84-40-19-13-32-72(84)73-33-14-20-41-85(73)100)46-48-82(88)98-83-49-51-87-93(96(83)103-92-57-64(56-89(101)94(92)98)63-45-52-91-76(54-63)74-34-15-21-42-90(74)102-91)77-55-62(44-50-86(77)99(87)65-27-8-3-9-28-65)61-43-47-81-75(53-61)71-31-12-18-39-80(71)97(81)78-37-16-10-29-69(78)70-30-11-17-38-79(70)97/h1-58H/i13D,14D,19D,20D,32D,33D,40D,41D. The van der Waals surface area contributed by atoms with E-state index in [0.29, 0.717) is 5.69 Å². The van der Waals surface area contributed by atoms with Gasteiger partial charge in [-0.15, -0.1) is 0 Å². The first kappa shape index (κ1) is 49.8. The average Bonchev–Trinajstić information content (AvgIpc) is 1.55. The third-order valence-electron chi connectivity index (χ3n) is 22.4. The average molecular weight is 1380 g/mol. The van der Waals surface area contributed by atoms with Gasteiger partial charge in [-0.1, -0.05) is 36.4 Å². The fraction of sp³-hybridized carbons (Fsp3) is 0.0103. The molecule has 23 rings (SSSR count). The summed E-state index contributed by atoms with van der Waals surface area (Å²) in [5, 5.41) is 4.37. The normalized spacial score (nSPS) is 14.5. The first-order chi connectivity index (χ1) is 54.4. The molecule has 1 spiro atoms. The topological polar surface area (TPSA) is 26.2 Å². The molecule has 0 saturated heterocycles. The van der Waals surface area contributed by atoms with Crippen LogP contribution >= 0.6 is 0 Å². The Bertz CT molecular complexity index is 7200. The van der Waals surface area contributed by atoms with Gasteiger partial charge in [0, 0.05) is 0 Å². The SMILES string of the molecule is [2H]c1c([2H])c([2H])c2c(c1[2H])c1c([2H])c([2H])c([2H])c([2H])c1n2-c1ccc2c(c1)N(c1c(-c3ccccc3)cccc1-c1ccccc1)c1cc(-c3ccc4oc5ccccc5c4c3)cc3c1B2c1ccc2c(c1[Se]3)c1cc(-c3ccc4c(c3)-c3ccccc3C43c4ccccc4-c4ccccc43)ccc1n2-c1ccccc1. The number of benzene rings is 16. The summed E-state index contributed by atoms with van der Waals surface area (Å²) in [7, 11) is 0. The monoisotopic (exact) mass is 1380 g/mol. The van der Waals surface area contributed by atoms with Crippen LogP contribution in [-0.2, 0) is 5.41 Å². The molecule has 5 heterocycles. The van der Waals surface area contributed by atoms with Crippen molar-refractivity contribution in [2.75, 3.05) is 4.90 Å². The van der Waals surface area contributed by atoms with Crippen LogP contribution in [0.25, 0.3) is 144 Å². The molecule has 0 fully saturated rings. The molecule has 6 heteroatoms. The summed E-state index contributed by atoms with van der Waals surface area (Å²) in [5.74, 6) is 0. The molecule has 2 aliphatic carbocycles. The zero-order chi connectivity index (χ0) is 74.1. The Labute approximate surface area is 612 Å². The number of para-hydroxylation sites is 5. The van der Waals surface area contributed by atoms with Crippen molar-refractivity contribution < 1.29 is 15.4 Å². The van der Waals surface area contributed by atoms with E-state index in [4.69, 9.17) is 7.16 Å². The zero-order valence-corrected chi connectivity index (χ0v) is 56.8. The number of anilines is 3. The maximum absolute atomic E-state index is 9.79. The van der Waals surface area contributed by atoms with Crippen LogP contribution in [0.15, 0.2) is 356 Å². The number of fused-ring (bicyclic) bond motifs is 24. The molecule has 19 aromatic rings. The van der Waals surface area contributed by atoms with E-state index < -0.39 is 36.3 Å². The van der Waals surface area contributed by atoms with Crippen molar-refractivity contribution in [2.45, 2.75) is 5.41 Å². The predicted molar refractivity (Wildman–Crippen MR) is 431 cm³/mol. The van der Waals surface area contributed by atoms with Gasteiger partial charge in [0.15, 0.2) is 0 Å². The summed E-state index contributed by atoms with van der Waals surface area (Å²) in [5.41, 5.74) is 29.2. The molecule has 103 heavy (non-hydrogen) atoms. The Hall–Kier alpha value is -12.7. The van der Waals surface area contributed by atoms with E-state index in [0.717, 1.165) is 117 Å². The third-order valence-corrected chi connectivity index (χ3v) is 24.9.